The minimum atomic E-state index is -1.23. The number of thiol groups is 1. The Hall–Kier alpha value is -0.750. The van der Waals surface area contributed by atoms with Crippen molar-refractivity contribution in [3.05, 3.63) is 0 Å². The molecule has 1 atom stereocenters. The van der Waals surface area contributed by atoms with Gasteiger partial charge in [0.05, 0.1) is 18.6 Å². The third-order valence-electron chi connectivity index (χ3n) is 4.19. The molecular weight excluding hydrogens is 324 g/mol. The summed E-state index contributed by atoms with van der Waals surface area (Å²) in [5, 5.41) is 13.3. The third kappa shape index (κ3) is 14.8. The third-order valence-corrected chi connectivity index (χ3v) is 4.45. The number of carbonyl (C=O) groups excluding carboxylic acids is 2. The Morgan fingerprint density at radius 3 is 1.75 bits per heavy atom. The number of hydrogen-bond acceptors (Lipinski definition) is 4. The van der Waals surface area contributed by atoms with E-state index in [1.165, 1.54) is 51.4 Å². The molecule has 5 nitrogen and oxygen atoms in total. The SMILES string of the molecule is [NH3+]CCCCCCCCCCCCCC(=O)NC(CCS)C(=O)[O-]. The van der Waals surface area contributed by atoms with Crippen LogP contribution in [-0.2, 0) is 9.59 Å². The highest BCUT2D eigenvalue weighted by Crippen LogP contribution is 2.11. The quantitative estimate of drug-likeness (QED) is 0.271. The second-order valence-electron chi connectivity index (χ2n) is 6.44. The zero-order chi connectivity index (χ0) is 18.0. The van der Waals surface area contributed by atoms with Gasteiger partial charge in [-0.25, -0.2) is 0 Å². The highest BCUT2D eigenvalue weighted by atomic mass is 32.1. The van der Waals surface area contributed by atoms with Gasteiger partial charge in [-0.05, 0) is 31.4 Å². The molecule has 0 spiro atoms. The molecule has 0 fully saturated rings. The van der Waals surface area contributed by atoms with Crippen molar-refractivity contribution in [2.24, 2.45) is 0 Å². The smallest absolute Gasteiger partial charge is 0.220 e. The van der Waals surface area contributed by atoms with Gasteiger partial charge in [0.15, 0.2) is 0 Å². The molecule has 24 heavy (non-hydrogen) atoms. The van der Waals surface area contributed by atoms with Crippen LogP contribution in [0.5, 0.6) is 0 Å². The first-order chi connectivity index (χ1) is 11.6. The number of nitrogens with one attached hydrogen (secondary N) is 1. The van der Waals surface area contributed by atoms with Crippen LogP contribution in [0.3, 0.4) is 0 Å². The molecule has 0 saturated carbocycles. The second-order valence-corrected chi connectivity index (χ2v) is 6.89. The van der Waals surface area contributed by atoms with Gasteiger partial charge >= 0.3 is 0 Å². The molecule has 6 heteroatoms. The largest absolute Gasteiger partial charge is 0.548 e. The van der Waals surface area contributed by atoms with E-state index in [2.05, 4.69) is 23.7 Å². The lowest BCUT2D eigenvalue weighted by atomic mass is 10.0. The first kappa shape index (κ1) is 23.2. The molecule has 1 unspecified atom stereocenters. The van der Waals surface area contributed by atoms with Crippen LogP contribution in [0.1, 0.15) is 83.5 Å². The van der Waals surface area contributed by atoms with Gasteiger partial charge in [0.1, 0.15) is 0 Å². The van der Waals surface area contributed by atoms with Crippen LogP contribution in [0, 0.1) is 0 Å². The molecule has 0 bridgehead atoms. The van der Waals surface area contributed by atoms with Crippen LogP contribution in [0.15, 0.2) is 0 Å². The zero-order valence-electron chi connectivity index (χ0n) is 15.1. The summed E-state index contributed by atoms with van der Waals surface area (Å²) in [6.45, 7) is 1.06. The van der Waals surface area contributed by atoms with Crippen molar-refractivity contribution in [3.8, 4) is 0 Å². The normalized spacial score (nSPS) is 12.1. The summed E-state index contributed by atoms with van der Waals surface area (Å²) in [6.07, 6.45) is 14.1. The predicted molar refractivity (Wildman–Crippen MR) is 98.6 cm³/mol. The summed E-state index contributed by atoms with van der Waals surface area (Å²) in [5.41, 5.74) is 3.85. The van der Waals surface area contributed by atoms with E-state index in [-0.39, 0.29) is 5.91 Å². The van der Waals surface area contributed by atoms with Crippen LogP contribution in [0.25, 0.3) is 0 Å². The molecule has 0 saturated heterocycles. The lowest BCUT2D eigenvalue weighted by Gasteiger charge is -2.18. The van der Waals surface area contributed by atoms with E-state index in [4.69, 9.17) is 0 Å². The lowest BCUT2D eigenvalue weighted by molar-refractivity contribution is -0.368. The number of carboxylic acids is 1. The van der Waals surface area contributed by atoms with E-state index in [0.29, 0.717) is 18.6 Å². The van der Waals surface area contributed by atoms with Crippen LogP contribution in [0.4, 0.5) is 0 Å². The van der Waals surface area contributed by atoms with Crippen molar-refractivity contribution in [2.45, 2.75) is 89.5 Å². The maximum Gasteiger partial charge on any atom is 0.220 e. The second kappa shape index (κ2) is 17.1. The fourth-order valence-corrected chi connectivity index (χ4v) is 2.96. The molecule has 0 aromatic carbocycles. The van der Waals surface area contributed by atoms with E-state index in [1.807, 2.05) is 0 Å². The fourth-order valence-electron chi connectivity index (χ4n) is 2.70. The molecule has 0 heterocycles. The van der Waals surface area contributed by atoms with Crippen molar-refractivity contribution in [1.82, 2.24) is 5.32 Å². The maximum atomic E-state index is 11.7. The minimum Gasteiger partial charge on any atom is -0.548 e. The standard InChI is InChI=1S/C18H36N2O3S/c19-14-11-9-7-5-3-1-2-4-6-8-10-12-17(21)20-16(13-15-24)18(22)23/h16,24H,1-15,19H2,(H,20,21)(H,22,23). The van der Waals surface area contributed by atoms with Crippen molar-refractivity contribution in [1.29, 1.82) is 0 Å². The van der Waals surface area contributed by atoms with E-state index in [9.17, 15) is 14.7 Å². The van der Waals surface area contributed by atoms with Crippen LogP contribution in [0.2, 0.25) is 0 Å². The number of amides is 1. The summed E-state index contributed by atoms with van der Waals surface area (Å²) in [7, 11) is 0. The van der Waals surface area contributed by atoms with E-state index < -0.39 is 12.0 Å². The molecule has 0 radical (unpaired) electrons. The van der Waals surface area contributed by atoms with Gasteiger partial charge in [-0.15, -0.1) is 0 Å². The van der Waals surface area contributed by atoms with Gasteiger partial charge in [-0.3, -0.25) is 4.79 Å². The number of rotatable bonds is 17. The van der Waals surface area contributed by atoms with Gasteiger partial charge in [0, 0.05) is 6.42 Å². The Morgan fingerprint density at radius 1 is 0.875 bits per heavy atom. The Kier molecular flexibility index (Phi) is 16.6. The summed E-state index contributed by atoms with van der Waals surface area (Å²) in [5.74, 6) is -1.02. The van der Waals surface area contributed by atoms with Crippen molar-refractivity contribution in [2.75, 3.05) is 12.3 Å². The molecule has 1 amide bonds. The highest BCUT2D eigenvalue weighted by Gasteiger charge is 2.12. The summed E-state index contributed by atoms with van der Waals surface area (Å²) >= 11 is 3.99. The summed E-state index contributed by atoms with van der Waals surface area (Å²) in [4.78, 5) is 22.5. The van der Waals surface area contributed by atoms with Gasteiger partial charge in [0.2, 0.25) is 5.91 Å². The topological polar surface area (TPSA) is 96.9 Å². The molecule has 0 aromatic rings. The number of unbranched alkanes of at least 4 members (excludes halogenated alkanes) is 10. The van der Waals surface area contributed by atoms with Gasteiger partial charge < -0.3 is 21.0 Å². The Balaban J connectivity index is 3.40. The maximum absolute atomic E-state index is 11.7. The molecular formula is C18H36N2O3S. The minimum absolute atomic E-state index is 0.201. The van der Waals surface area contributed by atoms with Crippen molar-refractivity contribution < 1.29 is 20.4 Å². The van der Waals surface area contributed by atoms with Crippen LogP contribution < -0.4 is 16.2 Å². The number of carbonyl (C=O) groups is 2. The van der Waals surface area contributed by atoms with Crippen LogP contribution in [-0.4, -0.2) is 30.2 Å². The first-order valence-corrected chi connectivity index (χ1v) is 10.2. The molecule has 0 aliphatic rings. The number of aliphatic carboxylic acids is 1. The molecule has 0 rings (SSSR count). The van der Waals surface area contributed by atoms with Gasteiger partial charge in [-0.2, -0.15) is 12.6 Å². The molecule has 0 aromatic heterocycles. The Morgan fingerprint density at radius 2 is 1.33 bits per heavy atom. The predicted octanol–water partition coefficient (Wildman–Crippen LogP) is 1.46. The molecule has 0 aliphatic carbocycles. The summed E-state index contributed by atoms with van der Waals surface area (Å²) in [6, 6.07) is -0.913. The van der Waals surface area contributed by atoms with Crippen LogP contribution >= 0.6 is 12.6 Å². The monoisotopic (exact) mass is 360 g/mol. The Labute approximate surface area is 152 Å². The van der Waals surface area contributed by atoms with Crippen molar-refractivity contribution in [3.63, 3.8) is 0 Å². The lowest BCUT2D eigenvalue weighted by Crippen LogP contribution is -2.50. The average molecular weight is 361 g/mol. The van der Waals surface area contributed by atoms with E-state index in [1.54, 1.807) is 0 Å². The number of hydrogen-bond donors (Lipinski definition) is 3. The van der Waals surface area contributed by atoms with Crippen molar-refractivity contribution >= 4 is 24.5 Å². The highest BCUT2D eigenvalue weighted by molar-refractivity contribution is 7.80. The zero-order valence-corrected chi connectivity index (χ0v) is 16.0. The van der Waals surface area contributed by atoms with Gasteiger partial charge in [-0.1, -0.05) is 51.4 Å². The number of carboxylic acid groups (broad SMARTS) is 1. The Bertz CT molecular complexity index is 327. The summed E-state index contributed by atoms with van der Waals surface area (Å²) < 4.78 is 0. The van der Waals surface area contributed by atoms with E-state index >= 15 is 0 Å². The number of quaternary nitrogens is 1. The first-order valence-electron chi connectivity index (χ1n) is 9.52. The van der Waals surface area contributed by atoms with Gasteiger partial charge in [0.25, 0.3) is 0 Å². The fraction of sp³-hybridized carbons (Fsp3) is 0.889. The molecule has 142 valence electrons. The van der Waals surface area contributed by atoms with E-state index in [0.717, 1.165) is 25.8 Å². The average Bonchev–Trinajstić information content (AvgIpc) is 2.55. The molecule has 0 aliphatic heterocycles. The molecule has 4 N–H and O–H groups in total.